The van der Waals surface area contributed by atoms with Crippen LogP contribution in [0.4, 0.5) is 17.1 Å². The summed E-state index contributed by atoms with van der Waals surface area (Å²) < 4.78 is 0. The summed E-state index contributed by atoms with van der Waals surface area (Å²) in [5, 5.41) is 7.01. The molecule has 0 saturated carbocycles. The van der Waals surface area contributed by atoms with Gasteiger partial charge in [0.2, 0.25) is 0 Å². The lowest BCUT2D eigenvalue weighted by Gasteiger charge is -2.27. The lowest BCUT2D eigenvalue weighted by atomic mass is 9.90. The first-order chi connectivity index (χ1) is 24.3. The van der Waals surface area contributed by atoms with Crippen molar-refractivity contribution in [3.63, 3.8) is 0 Å². The highest BCUT2D eigenvalue weighted by atomic mass is 15.1. The smallest absolute Gasteiger partial charge is 0.164 e. The minimum atomic E-state index is 0.626. The van der Waals surface area contributed by atoms with Gasteiger partial charge in [0, 0.05) is 39.1 Å². The number of hydrogen-bond donors (Lipinski definition) is 0. The van der Waals surface area contributed by atoms with Crippen molar-refractivity contribution >= 4 is 49.4 Å². The molecule has 0 bridgehead atoms. The number of benzene rings is 8. The van der Waals surface area contributed by atoms with Gasteiger partial charge < -0.3 is 4.90 Å². The van der Waals surface area contributed by atoms with Crippen molar-refractivity contribution in [1.29, 1.82) is 0 Å². The predicted octanol–water partition coefficient (Wildman–Crippen LogP) is 11.8. The molecule has 230 valence electrons. The highest BCUT2D eigenvalue weighted by Gasteiger charge is 2.21. The molecule has 0 radical (unpaired) electrons. The molecule has 4 heteroatoms. The van der Waals surface area contributed by atoms with Gasteiger partial charge in [-0.1, -0.05) is 146 Å². The average molecular weight is 627 g/mol. The number of anilines is 3. The van der Waals surface area contributed by atoms with E-state index >= 15 is 0 Å². The zero-order valence-electron chi connectivity index (χ0n) is 26.6. The van der Waals surface area contributed by atoms with Crippen molar-refractivity contribution in [2.24, 2.45) is 0 Å². The minimum absolute atomic E-state index is 0.626. The number of nitrogens with zero attached hydrogens (tertiary/aromatic N) is 4. The zero-order valence-corrected chi connectivity index (χ0v) is 26.6. The predicted molar refractivity (Wildman–Crippen MR) is 203 cm³/mol. The van der Waals surface area contributed by atoms with E-state index in [1.54, 1.807) is 0 Å². The van der Waals surface area contributed by atoms with Crippen molar-refractivity contribution in [2.75, 3.05) is 4.90 Å². The third kappa shape index (κ3) is 5.16. The summed E-state index contributed by atoms with van der Waals surface area (Å²) in [7, 11) is 0. The summed E-state index contributed by atoms with van der Waals surface area (Å²) in [6, 6.07) is 63.3. The lowest BCUT2D eigenvalue weighted by molar-refractivity contribution is 1.08. The van der Waals surface area contributed by atoms with Crippen LogP contribution >= 0.6 is 0 Å². The van der Waals surface area contributed by atoms with Crippen molar-refractivity contribution in [2.45, 2.75) is 0 Å². The molecule has 0 atom stereocenters. The summed E-state index contributed by atoms with van der Waals surface area (Å²) in [6.07, 6.45) is 0. The maximum atomic E-state index is 5.24. The summed E-state index contributed by atoms with van der Waals surface area (Å²) in [4.78, 5) is 17.8. The maximum Gasteiger partial charge on any atom is 0.164 e. The SMILES string of the molecule is c1ccc(-c2nc(-c3ccccc3)nc(-c3cc(N(c4ccccc4)c4ccccc4)cc4c5ccccc5c5ccccc5c34)n2)cc1. The molecule has 0 aliphatic heterocycles. The average Bonchev–Trinajstić information content (AvgIpc) is 3.19. The van der Waals surface area contributed by atoms with E-state index in [9.17, 15) is 0 Å². The number of rotatable bonds is 6. The van der Waals surface area contributed by atoms with E-state index in [1.807, 2.05) is 36.4 Å². The monoisotopic (exact) mass is 626 g/mol. The zero-order chi connectivity index (χ0) is 32.6. The Labute approximate surface area is 284 Å². The van der Waals surface area contributed by atoms with Crippen molar-refractivity contribution < 1.29 is 0 Å². The fourth-order valence-corrected chi connectivity index (χ4v) is 6.85. The quantitative estimate of drug-likeness (QED) is 0.172. The van der Waals surface area contributed by atoms with Crippen LogP contribution in [0.25, 0.3) is 66.5 Å². The number of hydrogen-bond acceptors (Lipinski definition) is 4. The van der Waals surface area contributed by atoms with Gasteiger partial charge in [-0.05, 0) is 63.3 Å². The Balaban J connectivity index is 1.43. The molecule has 0 aliphatic carbocycles. The van der Waals surface area contributed by atoms with Crippen molar-refractivity contribution in [3.05, 3.63) is 182 Å². The van der Waals surface area contributed by atoms with Gasteiger partial charge >= 0.3 is 0 Å². The number of para-hydroxylation sites is 2. The maximum absolute atomic E-state index is 5.24. The molecule has 0 N–H and O–H groups in total. The Hall–Kier alpha value is -6.65. The molecule has 0 unspecified atom stereocenters. The Morgan fingerprint density at radius 2 is 0.694 bits per heavy atom. The Morgan fingerprint density at radius 3 is 1.20 bits per heavy atom. The van der Waals surface area contributed by atoms with Crippen LogP contribution in [0, 0.1) is 0 Å². The summed E-state index contributed by atoms with van der Waals surface area (Å²) in [5.74, 6) is 1.90. The van der Waals surface area contributed by atoms with Crippen LogP contribution in [0.2, 0.25) is 0 Å². The minimum Gasteiger partial charge on any atom is -0.310 e. The molecule has 0 fully saturated rings. The highest BCUT2D eigenvalue weighted by molar-refractivity contribution is 6.29. The standard InChI is InChI=1S/C45H30N4/c1-5-17-31(18-6-1)43-46-44(32-19-7-2-8-20-32)48-45(47-43)41-30-35(49(33-21-9-3-10-22-33)34-23-11-4-12-24-34)29-40-38-27-14-13-25-36(38)37-26-15-16-28-39(37)42(40)41/h1-30H. The first-order valence-electron chi connectivity index (χ1n) is 16.5. The Bertz CT molecular complexity index is 2490. The van der Waals surface area contributed by atoms with Crippen LogP contribution in [0.15, 0.2) is 182 Å². The van der Waals surface area contributed by atoms with Gasteiger partial charge in [-0.2, -0.15) is 0 Å². The number of fused-ring (bicyclic) bond motifs is 6. The highest BCUT2D eigenvalue weighted by Crippen LogP contribution is 2.45. The molecule has 0 amide bonds. The normalized spacial score (nSPS) is 11.3. The topological polar surface area (TPSA) is 41.9 Å². The summed E-state index contributed by atoms with van der Waals surface area (Å²) in [6.45, 7) is 0. The van der Waals surface area contributed by atoms with Gasteiger partial charge in [0.1, 0.15) is 0 Å². The van der Waals surface area contributed by atoms with Gasteiger partial charge in [0.15, 0.2) is 17.5 Å². The van der Waals surface area contributed by atoms with Crippen LogP contribution in [0.1, 0.15) is 0 Å². The van der Waals surface area contributed by atoms with Crippen LogP contribution in [0.5, 0.6) is 0 Å². The van der Waals surface area contributed by atoms with E-state index in [4.69, 9.17) is 15.0 Å². The van der Waals surface area contributed by atoms with Gasteiger partial charge in [0.05, 0.1) is 0 Å². The molecule has 4 nitrogen and oxygen atoms in total. The molecule has 0 aliphatic rings. The molecule has 9 rings (SSSR count). The van der Waals surface area contributed by atoms with Gasteiger partial charge in [-0.3, -0.25) is 0 Å². The van der Waals surface area contributed by atoms with Gasteiger partial charge in [0.25, 0.3) is 0 Å². The fraction of sp³-hybridized carbons (Fsp3) is 0. The van der Waals surface area contributed by atoms with Gasteiger partial charge in [-0.25, -0.2) is 15.0 Å². The second-order valence-corrected chi connectivity index (χ2v) is 12.1. The van der Waals surface area contributed by atoms with E-state index in [-0.39, 0.29) is 0 Å². The molecular weight excluding hydrogens is 597 g/mol. The van der Waals surface area contributed by atoms with E-state index in [0.29, 0.717) is 17.5 Å². The van der Waals surface area contributed by atoms with E-state index in [0.717, 1.165) is 49.9 Å². The van der Waals surface area contributed by atoms with E-state index in [2.05, 4.69) is 150 Å². The van der Waals surface area contributed by atoms with Crippen molar-refractivity contribution in [1.82, 2.24) is 15.0 Å². The first kappa shape index (κ1) is 28.6. The van der Waals surface area contributed by atoms with E-state index < -0.39 is 0 Å². The van der Waals surface area contributed by atoms with Crippen molar-refractivity contribution in [3.8, 4) is 34.2 Å². The second kappa shape index (κ2) is 12.2. The molecule has 9 aromatic rings. The van der Waals surface area contributed by atoms with Gasteiger partial charge in [-0.15, -0.1) is 0 Å². The molecular formula is C45H30N4. The van der Waals surface area contributed by atoms with Crippen LogP contribution in [0.3, 0.4) is 0 Å². The molecule has 49 heavy (non-hydrogen) atoms. The third-order valence-electron chi connectivity index (χ3n) is 9.05. The second-order valence-electron chi connectivity index (χ2n) is 12.1. The lowest BCUT2D eigenvalue weighted by Crippen LogP contribution is -2.10. The fourth-order valence-electron chi connectivity index (χ4n) is 6.85. The Morgan fingerprint density at radius 1 is 0.306 bits per heavy atom. The molecule has 0 spiro atoms. The largest absolute Gasteiger partial charge is 0.310 e. The Kier molecular flexibility index (Phi) is 7.10. The van der Waals surface area contributed by atoms with Crippen LogP contribution < -0.4 is 4.90 Å². The number of aromatic nitrogens is 3. The molecule has 1 heterocycles. The summed E-state index contributed by atoms with van der Waals surface area (Å²) >= 11 is 0. The van der Waals surface area contributed by atoms with E-state index in [1.165, 1.54) is 16.2 Å². The van der Waals surface area contributed by atoms with Crippen LogP contribution in [-0.4, -0.2) is 15.0 Å². The van der Waals surface area contributed by atoms with Crippen LogP contribution in [-0.2, 0) is 0 Å². The molecule has 1 aromatic heterocycles. The third-order valence-corrected chi connectivity index (χ3v) is 9.05. The first-order valence-corrected chi connectivity index (χ1v) is 16.5. The summed E-state index contributed by atoms with van der Waals surface area (Å²) in [5.41, 5.74) is 5.97. The molecule has 0 saturated heterocycles. The molecule has 8 aromatic carbocycles.